The Kier molecular flexibility index (Phi) is 4.39. The highest BCUT2D eigenvalue weighted by Crippen LogP contribution is 2.52. The highest BCUT2D eigenvalue weighted by atomic mass is 28.3. The molecule has 0 amide bonds. The number of fused-ring (bicyclic) bond motifs is 3. The molecule has 3 atom stereocenters. The molecule has 1 aliphatic carbocycles. The van der Waals surface area contributed by atoms with Gasteiger partial charge in [0.05, 0.1) is 12.5 Å². The number of carbonyl (C=O) groups excluding carboxylic acids is 1. The molecule has 2 aliphatic rings. The maximum Gasteiger partial charge on any atom is 0.306 e. The van der Waals surface area contributed by atoms with Crippen LogP contribution in [0.5, 0.6) is 0 Å². The summed E-state index contributed by atoms with van der Waals surface area (Å²) in [5.41, 5.74) is 2.23. The second-order valence-electron chi connectivity index (χ2n) is 7.33. The van der Waals surface area contributed by atoms with Crippen molar-refractivity contribution in [1.82, 2.24) is 0 Å². The zero-order valence-corrected chi connectivity index (χ0v) is 14.5. The van der Waals surface area contributed by atoms with Crippen LogP contribution >= 0.6 is 0 Å². The van der Waals surface area contributed by atoms with Crippen molar-refractivity contribution in [2.75, 3.05) is 13.4 Å². The Morgan fingerprint density at radius 1 is 1.23 bits per heavy atom. The zero-order chi connectivity index (χ0) is 15.7. The van der Waals surface area contributed by atoms with E-state index in [4.69, 9.17) is 14.2 Å². The molecule has 3 unspecified atom stereocenters. The summed E-state index contributed by atoms with van der Waals surface area (Å²) in [5, 5.41) is 0. The summed E-state index contributed by atoms with van der Waals surface area (Å²) in [6, 6.07) is 9.21. The fourth-order valence-electron chi connectivity index (χ4n) is 3.17. The molecule has 0 saturated carbocycles. The lowest BCUT2D eigenvalue weighted by atomic mass is 10.00. The van der Waals surface area contributed by atoms with E-state index in [1.807, 2.05) is 18.2 Å². The highest BCUT2D eigenvalue weighted by molar-refractivity contribution is 6.76. The van der Waals surface area contributed by atoms with Crippen LogP contribution in [0.1, 0.15) is 29.8 Å². The number of carbonyl (C=O) groups is 1. The van der Waals surface area contributed by atoms with E-state index in [-0.39, 0.29) is 30.9 Å². The fraction of sp³-hybridized carbons (Fsp3) is 0.588. The molecule has 1 aromatic rings. The summed E-state index contributed by atoms with van der Waals surface area (Å²) in [6.07, 6.45) is 0.189. The van der Waals surface area contributed by atoms with Gasteiger partial charge in [-0.3, -0.25) is 4.79 Å². The smallest absolute Gasteiger partial charge is 0.306 e. The maximum absolute atomic E-state index is 11.6. The Morgan fingerprint density at radius 3 is 2.68 bits per heavy atom. The molecule has 1 heterocycles. The van der Waals surface area contributed by atoms with Crippen LogP contribution < -0.4 is 0 Å². The molecule has 1 saturated heterocycles. The largest absolute Gasteiger partial charge is 0.457 e. The Labute approximate surface area is 132 Å². The Morgan fingerprint density at radius 2 is 1.95 bits per heavy atom. The van der Waals surface area contributed by atoms with Crippen molar-refractivity contribution < 1.29 is 19.0 Å². The second kappa shape index (κ2) is 6.14. The van der Waals surface area contributed by atoms with E-state index < -0.39 is 8.07 Å². The van der Waals surface area contributed by atoms with Crippen molar-refractivity contribution >= 4 is 14.0 Å². The SMILES string of the molecule is C[Si](C)(C)CCOCOC1c2ccccc2C2OC(=O)CC12. The van der Waals surface area contributed by atoms with Crippen LogP contribution in [0, 0.1) is 5.92 Å². The molecule has 22 heavy (non-hydrogen) atoms. The molecule has 0 spiro atoms. The monoisotopic (exact) mass is 320 g/mol. The Balaban J connectivity index is 1.60. The van der Waals surface area contributed by atoms with E-state index in [9.17, 15) is 4.79 Å². The van der Waals surface area contributed by atoms with Gasteiger partial charge in [0.25, 0.3) is 0 Å². The van der Waals surface area contributed by atoms with E-state index in [1.165, 1.54) is 0 Å². The van der Waals surface area contributed by atoms with Crippen LogP contribution in [0.2, 0.25) is 25.7 Å². The summed E-state index contributed by atoms with van der Waals surface area (Å²) in [6.45, 7) is 8.01. The molecule has 120 valence electrons. The number of benzene rings is 1. The number of hydrogen-bond acceptors (Lipinski definition) is 4. The van der Waals surface area contributed by atoms with Gasteiger partial charge in [-0.25, -0.2) is 0 Å². The molecule has 0 radical (unpaired) electrons. The number of esters is 1. The first-order valence-electron chi connectivity index (χ1n) is 7.93. The average Bonchev–Trinajstić information content (AvgIpc) is 2.94. The molecule has 0 aromatic heterocycles. The first-order valence-corrected chi connectivity index (χ1v) is 11.6. The van der Waals surface area contributed by atoms with Crippen molar-refractivity contribution in [2.45, 2.75) is 44.3 Å². The Hall–Kier alpha value is -1.17. The van der Waals surface area contributed by atoms with E-state index in [1.54, 1.807) is 0 Å². The molecule has 1 aliphatic heterocycles. The lowest BCUT2D eigenvalue weighted by Gasteiger charge is -2.19. The van der Waals surface area contributed by atoms with Crippen molar-refractivity contribution in [3.63, 3.8) is 0 Å². The predicted molar refractivity (Wildman–Crippen MR) is 86.2 cm³/mol. The maximum atomic E-state index is 11.6. The molecular weight excluding hydrogens is 296 g/mol. The summed E-state index contributed by atoms with van der Waals surface area (Å²) >= 11 is 0. The fourth-order valence-corrected chi connectivity index (χ4v) is 3.93. The van der Waals surface area contributed by atoms with Gasteiger partial charge in [-0.15, -0.1) is 0 Å². The number of ether oxygens (including phenoxy) is 3. The van der Waals surface area contributed by atoms with Gasteiger partial charge in [0.1, 0.15) is 12.9 Å². The van der Waals surface area contributed by atoms with Crippen molar-refractivity contribution in [1.29, 1.82) is 0 Å². The average molecular weight is 320 g/mol. The van der Waals surface area contributed by atoms with Gasteiger partial charge < -0.3 is 14.2 Å². The summed E-state index contributed by atoms with van der Waals surface area (Å²) in [7, 11) is -1.07. The van der Waals surface area contributed by atoms with Gasteiger partial charge in [-0.1, -0.05) is 43.9 Å². The highest BCUT2D eigenvalue weighted by Gasteiger charge is 2.49. The standard InChI is InChI=1S/C17H24O4Si/c1-22(2,3)9-8-19-11-20-16-12-6-4-5-7-13(12)17-14(16)10-15(18)21-17/h4-7,14,16-17H,8-11H2,1-3H3. The Bertz CT molecular complexity index is 552. The van der Waals surface area contributed by atoms with E-state index in [2.05, 4.69) is 25.7 Å². The summed E-state index contributed by atoms with van der Waals surface area (Å²) in [5.74, 6) is -0.0387. The molecule has 0 bridgehead atoms. The minimum absolute atomic E-state index is 0.0884. The number of rotatable bonds is 6. The quantitative estimate of drug-likeness (QED) is 0.347. The third-order valence-corrected chi connectivity index (χ3v) is 6.08. The van der Waals surface area contributed by atoms with Crippen molar-refractivity contribution in [3.8, 4) is 0 Å². The minimum atomic E-state index is -1.07. The van der Waals surface area contributed by atoms with E-state index in [0.29, 0.717) is 6.42 Å². The first-order chi connectivity index (χ1) is 10.5. The van der Waals surface area contributed by atoms with E-state index >= 15 is 0 Å². The third-order valence-electron chi connectivity index (χ3n) is 4.37. The first kappa shape index (κ1) is 15.7. The summed E-state index contributed by atoms with van der Waals surface area (Å²) in [4.78, 5) is 11.6. The lowest BCUT2D eigenvalue weighted by Crippen LogP contribution is -2.22. The van der Waals surface area contributed by atoms with Gasteiger partial charge in [0.15, 0.2) is 0 Å². The van der Waals surface area contributed by atoms with Crippen LogP contribution in [-0.2, 0) is 19.0 Å². The lowest BCUT2D eigenvalue weighted by molar-refractivity contribution is -0.141. The van der Waals surface area contributed by atoms with E-state index in [0.717, 1.165) is 23.8 Å². The van der Waals surface area contributed by atoms with Crippen LogP contribution in [0.25, 0.3) is 0 Å². The van der Waals surface area contributed by atoms with Gasteiger partial charge in [-0.2, -0.15) is 0 Å². The molecular formula is C17H24O4Si. The minimum Gasteiger partial charge on any atom is -0.457 e. The molecule has 0 N–H and O–H groups in total. The van der Waals surface area contributed by atoms with Crippen LogP contribution in [0.15, 0.2) is 24.3 Å². The van der Waals surface area contributed by atoms with Crippen LogP contribution in [0.3, 0.4) is 0 Å². The predicted octanol–water partition coefficient (Wildman–Crippen LogP) is 3.67. The second-order valence-corrected chi connectivity index (χ2v) is 13.0. The molecule has 4 nitrogen and oxygen atoms in total. The van der Waals surface area contributed by atoms with Gasteiger partial charge in [-0.05, 0) is 17.2 Å². The third kappa shape index (κ3) is 3.26. The molecule has 3 rings (SSSR count). The van der Waals surface area contributed by atoms with Crippen LogP contribution in [0.4, 0.5) is 0 Å². The normalized spacial score (nSPS) is 26.7. The van der Waals surface area contributed by atoms with Gasteiger partial charge >= 0.3 is 5.97 Å². The van der Waals surface area contributed by atoms with Crippen LogP contribution in [-0.4, -0.2) is 27.4 Å². The zero-order valence-electron chi connectivity index (χ0n) is 13.5. The molecule has 1 fully saturated rings. The van der Waals surface area contributed by atoms with Gasteiger partial charge in [0.2, 0.25) is 0 Å². The van der Waals surface area contributed by atoms with Crippen molar-refractivity contribution in [3.05, 3.63) is 35.4 Å². The molecule has 5 heteroatoms. The van der Waals surface area contributed by atoms with Crippen molar-refractivity contribution in [2.24, 2.45) is 5.92 Å². The topological polar surface area (TPSA) is 44.8 Å². The number of hydrogen-bond donors (Lipinski definition) is 0. The molecule has 1 aromatic carbocycles. The summed E-state index contributed by atoms with van der Waals surface area (Å²) < 4.78 is 17.1. The van der Waals surface area contributed by atoms with Gasteiger partial charge in [0, 0.05) is 20.6 Å².